The standard InChI is InChI=1S/C12H13F/c1-3-5-10(4-2)11-6-8-12(13)9-7-11/h1,6-10H,4-5H2,2H3. The van der Waals surface area contributed by atoms with Gasteiger partial charge >= 0.3 is 0 Å². The van der Waals surface area contributed by atoms with E-state index >= 15 is 0 Å². The van der Waals surface area contributed by atoms with Crippen molar-refractivity contribution in [3.8, 4) is 12.3 Å². The second-order valence-electron chi connectivity index (χ2n) is 3.06. The van der Waals surface area contributed by atoms with Gasteiger partial charge in [0.2, 0.25) is 0 Å². The molecule has 1 aromatic rings. The van der Waals surface area contributed by atoms with Crippen molar-refractivity contribution < 1.29 is 4.39 Å². The summed E-state index contributed by atoms with van der Waals surface area (Å²) < 4.78 is 12.6. The van der Waals surface area contributed by atoms with E-state index in [4.69, 9.17) is 6.42 Å². The second kappa shape index (κ2) is 4.67. The van der Waals surface area contributed by atoms with Crippen molar-refractivity contribution in [3.05, 3.63) is 35.6 Å². The molecule has 1 aromatic carbocycles. The average Bonchev–Trinajstić information content (AvgIpc) is 2.16. The number of benzene rings is 1. The van der Waals surface area contributed by atoms with Gasteiger partial charge in [0.1, 0.15) is 5.82 Å². The van der Waals surface area contributed by atoms with Crippen LogP contribution in [0.25, 0.3) is 0 Å². The Morgan fingerprint density at radius 1 is 1.38 bits per heavy atom. The van der Waals surface area contributed by atoms with Crippen LogP contribution in [0.3, 0.4) is 0 Å². The highest BCUT2D eigenvalue weighted by Gasteiger charge is 2.06. The van der Waals surface area contributed by atoms with Crippen molar-refractivity contribution in [3.63, 3.8) is 0 Å². The summed E-state index contributed by atoms with van der Waals surface area (Å²) in [7, 11) is 0. The van der Waals surface area contributed by atoms with Crippen LogP contribution in [0.5, 0.6) is 0 Å². The van der Waals surface area contributed by atoms with Crippen LogP contribution in [0.15, 0.2) is 24.3 Å². The summed E-state index contributed by atoms with van der Waals surface area (Å²) in [5, 5.41) is 0. The lowest BCUT2D eigenvalue weighted by molar-refractivity contribution is 0.622. The Morgan fingerprint density at radius 2 is 2.00 bits per heavy atom. The Morgan fingerprint density at radius 3 is 2.46 bits per heavy atom. The van der Waals surface area contributed by atoms with E-state index in [2.05, 4.69) is 12.8 Å². The van der Waals surface area contributed by atoms with Gasteiger partial charge in [-0.3, -0.25) is 0 Å². The topological polar surface area (TPSA) is 0 Å². The van der Waals surface area contributed by atoms with Crippen LogP contribution in [0.1, 0.15) is 31.2 Å². The maximum Gasteiger partial charge on any atom is 0.123 e. The molecule has 0 aliphatic heterocycles. The molecule has 0 heterocycles. The van der Waals surface area contributed by atoms with E-state index in [1.165, 1.54) is 12.1 Å². The van der Waals surface area contributed by atoms with Crippen molar-refractivity contribution >= 4 is 0 Å². The summed E-state index contributed by atoms with van der Waals surface area (Å²) in [6.45, 7) is 2.09. The Balaban J connectivity index is 2.80. The summed E-state index contributed by atoms with van der Waals surface area (Å²) in [5.74, 6) is 2.81. The van der Waals surface area contributed by atoms with Gasteiger partial charge in [0.15, 0.2) is 0 Å². The fourth-order valence-corrected chi connectivity index (χ4v) is 1.38. The zero-order valence-electron chi connectivity index (χ0n) is 7.76. The number of terminal acetylenes is 1. The van der Waals surface area contributed by atoms with E-state index in [1.54, 1.807) is 12.1 Å². The van der Waals surface area contributed by atoms with Crippen LogP contribution in [-0.4, -0.2) is 0 Å². The van der Waals surface area contributed by atoms with Crippen molar-refractivity contribution in [2.24, 2.45) is 0 Å². The highest BCUT2D eigenvalue weighted by Crippen LogP contribution is 2.22. The van der Waals surface area contributed by atoms with E-state index in [0.717, 1.165) is 18.4 Å². The van der Waals surface area contributed by atoms with Crippen molar-refractivity contribution in [2.45, 2.75) is 25.7 Å². The van der Waals surface area contributed by atoms with Crippen LogP contribution < -0.4 is 0 Å². The normalized spacial score (nSPS) is 12.1. The van der Waals surface area contributed by atoms with Gasteiger partial charge < -0.3 is 0 Å². The molecule has 0 aromatic heterocycles. The van der Waals surface area contributed by atoms with Gasteiger partial charge in [-0.25, -0.2) is 4.39 Å². The van der Waals surface area contributed by atoms with Gasteiger partial charge in [-0.2, -0.15) is 0 Å². The van der Waals surface area contributed by atoms with Gasteiger partial charge in [-0.05, 0) is 30.0 Å². The lowest BCUT2D eigenvalue weighted by Crippen LogP contribution is -1.95. The minimum absolute atomic E-state index is 0.195. The van der Waals surface area contributed by atoms with E-state index in [1.807, 2.05) is 0 Å². The number of hydrogen-bond donors (Lipinski definition) is 0. The van der Waals surface area contributed by atoms with Crippen molar-refractivity contribution in [2.75, 3.05) is 0 Å². The fourth-order valence-electron chi connectivity index (χ4n) is 1.38. The Bertz CT molecular complexity index is 292. The highest BCUT2D eigenvalue weighted by molar-refractivity contribution is 5.21. The second-order valence-corrected chi connectivity index (χ2v) is 3.06. The molecule has 1 atom stereocenters. The molecule has 0 bridgehead atoms. The first-order valence-corrected chi connectivity index (χ1v) is 4.46. The zero-order chi connectivity index (χ0) is 9.68. The molecule has 1 unspecified atom stereocenters. The zero-order valence-corrected chi connectivity index (χ0v) is 7.76. The summed E-state index contributed by atoms with van der Waals surface area (Å²) in [6.07, 6.45) is 6.97. The molecule has 0 fully saturated rings. The Kier molecular flexibility index (Phi) is 3.52. The molecule has 0 amide bonds. The van der Waals surface area contributed by atoms with E-state index in [0.29, 0.717) is 5.92 Å². The Hall–Kier alpha value is -1.29. The molecule has 1 heteroatoms. The first-order chi connectivity index (χ1) is 6.27. The van der Waals surface area contributed by atoms with E-state index < -0.39 is 0 Å². The minimum Gasteiger partial charge on any atom is -0.207 e. The van der Waals surface area contributed by atoms with Crippen LogP contribution in [0.4, 0.5) is 4.39 Å². The van der Waals surface area contributed by atoms with Gasteiger partial charge in [-0.1, -0.05) is 19.1 Å². The first kappa shape index (κ1) is 9.80. The van der Waals surface area contributed by atoms with E-state index in [9.17, 15) is 4.39 Å². The monoisotopic (exact) mass is 176 g/mol. The summed E-state index contributed by atoms with van der Waals surface area (Å²) in [6, 6.07) is 6.57. The summed E-state index contributed by atoms with van der Waals surface area (Å²) >= 11 is 0. The molecule has 13 heavy (non-hydrogen) atoms. The fraction of sp³-hybridized carbons (Fsp3) is 0.333. The molecule has 0 saturated carbocycles. The Labute approximate surface area is 78.8 Å². The van der Waals surface area contributed by atoms with Gasteiger partial charge in [0.25, 0.3) is 0 Å². The average molecular weight is 176 g/mol. The molecule has 68 valence electrons. The van der Waals surface area contributed by atoms with Crippen molar-refractivity contribution in [1.82, 2.24) is 0 Å². The molecule has 1 rings (SSSR count). The largest absolute Gasteiger partial charge is 0.207 e. The predicted octanol–water partition coefficient (Wildman–Crippen LogP) is 3.34. The van der Waals surface area contributed by atoms with Crippen molar-refractivity contribution in [1.29, 1.82) is 0 Å². The molecular formula is C12H13F. The molecule has 0 nitrogen and oxygen atoms in total. The smallest absolute Gasteiger partial charge is 0.123 e. The third-order valence-electron chi connectivity index (χ3n) is 2.20. The maximum atomic E-state index is 12.6. The first-order valence-electron chi connectivity index (χ1n) is 4.46. The predicted molar refractivity (Wildman–Crippen MR) is 52.9 cm³/mol. The number of rotatable bonds is 3. The minimum atomic E-state index is -0.195. The van der Waals surface area contributed by atoms with Gasteiger partial charge in [-0.15, -0.1) is 12.3 Å². The molecule has 0 N–H and O–H groups in total. The molecule has 0 saturated heterocycles. The molecule has 0 aliphatic carbocycles. The number of hydrogen-bond acceptors (Lipinski definition) is 0. The quantitative estimate of drug-likeness (QED) is 0.619. The lowest BCUT2D eigenvalue weighted by Gasteiger charge is -2.11. The van der Waals surface area contributed by atoms with E-state index in [-0.39, 0.29) is 5.82 Å². The van der Waals surface area contributed by atoms with Crippen LogP contribution >= 0.6 is 0 Å². The van der Waals surface area contributed by atoms with Gasteiger partial charge in [0.05, 0.1) is 0 Å². The maximum absolute atomic E-state index is 12.6. The molecular weight excluding hydrogens is 163 g/mol. The number of halogens is 1. The van der Waals surface area contributed by atoms with Gasteiger partial charge in [0, 0.05) is 6.42 Å². The lowest BCUT2D eigenvalue weighted by atomic mass is 9.94. The third-order valence-corrected chi connectivity index (χ3v) is 2.20. The third kappa shape index (κ3) is 2.59. The summed E-state index contributed by atoms with van der Waals surface area (Å²) in [5.41, 5.74) is 1.13. The van der Waals surface area contributed by atoms with Crippen LogP contribution in [0, 0.1) is 18.2 Å². The molecule has 0 spiro atoms. The van der Waals surface area contributed by atoms with Crippen LogP contribution in [0.2, 0.25) is 0 Å². The molecule has 0 aliphatic rings. The van der Waals surface area contributed by atoms with Crippen LogP contribution in [-0.2, 0) is 0 Å². The summed E-state index contributed by atoms with van der Waals surface area (Å²) in [4.78, 5) is 0. The SMILES string of the molecule is C#CCC(CC)c1ccc(F)cc1. The highest BCUT2D eigenvalue weighted by atomic mass is 19.1. The molecule has 0 radical (unpaired) electrons.